The summed E-state index contributed by atoms with van der Waals surface area (Å²) in [5.74, 6) is -0.434. The minimum atomic E-state index is -0.480. The molecule has 0 spiro atoms. The first-order valence-electron chi connectivity index (χ1n) is 11.3. The highest BCUT2D eigenvalue weighted by atomic mass is 19.1. The number of halogens is 1. The molecule has 0 aromatic heterocycles. The molecule has 7 heteroatoms. The number of urea groups is 1. The molecule has 34 heavy (non-hydrogen) atoms. The van der Waals surface area contributed by atoms with Gasteiger partial charge in [0.05, 0.1) is 36.0 Å². The summed E-state index contributed by atoms with van der Waals surface area (Å²) in [7, 11) is 1.97. The van der Waals surface area contributed by atoms with Crippen molar-refractivity contribution >= 4 is 17.4 Å². The average Bonchev–Trinajstić information content (AvgIpc) is 3.31. The molecule has 2 amide bonds. The van der Waals surface area contributed by atoms with E-state index in [9.17, 15) is 14.3 Å². The van der Waals surface area contributed by atoms with Crippen molar-refractivity contribution in [2.45, 2.75) is 18.5 Å². The van der Waals surface area contributed by atoms with E-state index in [2.05, 4.69) is 22.4 Å². The summed E-state index contributed by atoms with van der Waals surface area (Å²) in [5, 5.41) is 22.0. The van der Waals surface area contributed by atoms with Gasteiger partial charge in [-0.15, -0.1) is 0 Å². The van der Waals surface area contributed by atoms with Gasteiger partial charge in [-0.1, -0.05) is 30.3 Å². The molecule has 0 aliphatic carbocycles. The van der Waals surface area contributed by atoms with Gasteiger partial charge in [0.1, 0.15) is 5.82 Å². The molecular formula is C27H25FN4O2. The quantitative estimate of drug-likeness (QED) is 0.595. The number of carbonyl (C=O) groups is 1. The van der Waals surface area contributed by atoms with Crippen LogP contribution in [-0.2, 0) is 0 Å². The van der Waals surface area contributed by atoms with Crippen LogP contribution in [0.2, 0.25) is 0 Å². The minimum absolute atomic E-state index is 0.0166. The van der Waals surface area contributed by atoms with Gasteiger partial charge in [0.2, 0.25) is 0 Å². The molecule has 1 fully saturated rings. The first kappa shape index (κ1) is 21.9. The molecule has 6 nitrogen and oxygen atoms in total. The molecule has 2 N–H and O–H groups in total. The largest absolute Gasteiger partial charge is 0.394 e. The first-order chi connectivity index (χ1) is 16.5. The van der Waals surface area contributed by atoms with Gasteiger partial charge in [0, 0.05) is 25.2 Å². The lowest BCUT2D eigenvalue weighted by Gasteiger charge is -2.44. The lowest BCUT2D eigenvalue weighted by atomic mass is 9.81. The van der Waals surface area contributed by atoms with Crippen molar-refractivity contribution in [2.24, 2.45) is 5.92 Å². The van der Waals surface area contributed by atoms with E-state index in [0.29, 0.717) is 12.1 Å². The summed E-state index contributed by atoms with van der Waals surface area (Å²) in [5.41, 5.74) is 4.67. The van der Waals surface area contributed by atoms with Gasteiger partial charge in [-0.3, -0.25) is 0 Å². The van der Waals surface area contributed by atoms with Crippen molar-refractivity contribution in [1.82, 2.24) is 4.90 Å². The standard InChI is InChI=1S/C27H25FN4O2/c1-31-24-11-10-19(18-8-6-17(15-29)7-9-18)14-21(24)26-20(25(31)16-33)12-13-32(26)27(34)30-23-5-3-2-4-22(23)28/h2-11,14,20,25-26,33H,12-13,16H2,1H3,(H,30,34)/t20-,25-,26-/m0/s1. The van der Waals surface area contributed by atoms with Gasteiger partial charge in [0.25, 0.3) is 0 Å². The van der Waals surface area contributed by atoms with Crippen LogP contribution in [0.25, 0.3) is 11.1 Å². The number of carbonyl (C=O) groups excluding carboxylic acids is 1. The van der Waals surface area contributed by atoms with Gasteiger partial charge in [-0.05, 0) is 59.5 Å². The van der Waals surface area contributed by atoms with E-state index in [1.165, 1.54) is 6.07 Å². The van der Waals surface area contributed by atoms with E-state index >= 15 is 0 Å². The number of aliphatic hydroxyl groups is 1. The van der Waals surface area contributed by atoms with Gasteiger partial charge in [-0.25, -0.2) is 9.18 Å². The van der Waals surface area contributed by atoms with E-state index in [-0.39, 0.29) is 36.3 Å². The van der Waals surface area contributed by atoms with E-state index < -0.39 is 5.82 Å². The Labute approximate surface area is 197 Å². The van der Waals surface area contributed by atoms with Crippen LogP contribution in [0.4, 0.5) is 20.6 Å². The number of nitriles is 1. The molecule has 172 valence electrons. The number of aliphatic hydroxyl groups excluding tert-OH is 1. The zero-order chi connectivity index (χ0) is 23.8. The second-order valence-corrected chi connectivity index (χ2v) is 8.82. The van der Waals surface area contributed by atoms with E-state index in [1.54, 1.807) is 35.2 Å². The second kappa shape index (κ2) is 8.81. The van der Waals surface area contributed by atoms with Crippen molar-refractivity contribution < 1.29 is 14.3 Å². The molecule has 3 atom stereocenters. The van der Waals surface area contributed by atoms with Crippen LogP contribution in [0.5, 0.6) is 0 Å². The number of amides is 2. The van der Waals surface area contributed by atoms with Crippen LogP contribution >= 0.6 is 0 Å². The molecule has 0 bridgehead atoms. The van der Waals surface area contributed by atoms with E-state index in [0.717, 1.165) is 28.8 Å². The molecule has 5 rings (SSSR count). The SMILES string of the molecule is CN1c2ccc(-c3ccc(C#N)cc3)cc2[C@@H]2[C@@H](CCN2C(=O)Nc2ccccc2F)[C@@H]1CO. The van der Waals surface area contributed by atoms with Gasteiger partial charge >= 0.3 is 6.03 Å². The minimum Gasteiger partial charge on any atom is -0.394 e. The lowest BCUT2D eigenvalue weighted by molar-refractivity contribution is 0.168. The van der Waals surface area contributed by atoms with Crippen LogP contribution in [0, 0.1) is 23.1 Å². The zero-order valence-corrected chi connectivity index (χ0v) is 18.8. The Morgan fingerprint density at radius 3 is 2.59 bits per heavy atom. The summed E-state index contributed by atoms with van der Waals surface area (Å²) in [6.45, 7) is 0.498. The topological polar surface area (TPSA) is 79.6 Å². The molecule has 0 unspecified atom stereocenters. The maximum Gasteiger partial charge on any atom is 0.322 e. The number of nitrogens with one attached hydrogen (secondary N) is 1. The smallest absolute Gasteiger partial charge is 0.322 e. The van der Waals surface area contributed by atoms with E-state index in [4.69, 9.17) is 5.26 Å². The summed E-state index contributed by atoms with van der Waals surface area (Å²) < 4.78 is 14.2. The highest BCUT2D eigenvalue weighted by molar-refractivity contribution is 5.90. The van der Waals surface area contributed by atoms with E-state index in [1.807, 2.05) is 31.3 Å². The molecule has 0 saturated carbocycles. The Morgan fingerprint density at radius 1 is 1.15 bits per heavy atom. The van der Waals surface area contributed by atoms with Crippen LogP contribution in [-0.4, -0.2) is 42.3 Å². The fraction of sp³-hybridized carbons (Fsp3) is 0.259. The predicted molar refractivity (Wildman–Crippen MR) is 129 cm³/mol. The maximum absolute atomic E-state index is 14.2. The van der Waals surface area contributed by atoms with Crippen molar-refractivity contribution in [3.8, 4) is 17.2 Å². The summed E-state index contributed by atoms with van der Waals surface area (Å²) in [4.78, 5) is 17.1. The van der Waals surface area contributed by atoms with Gasteiger partial charge in [0.15, 0.2) is 0 Å². The van der Waals surface area contributed by atoms with Crippen molar-refractivity contribution in [3.63, 3.8) is 0 Å². The number of hydrogen-bond acceptors (Lipinski definition) is 4. The third-order valence-electron chi connectivity index (χ3n) is 7.07. The van der Waals surface area contributed by atoms with Crippen molar-refractivity contribution in [3.05, 3.63) is 83.7 Å². The molecule has 0 radical (unpaired) electrons. The summed E-state index contributed by atoms with van der Waals surface area (Å²) >= 11 is 0. The Hall–Kier alpha value is -3.89. The third kappa shape index (κ3) is 3.66. The number of nitrogens with zero attached hydrogens (tertiary/aromatic N) is 3. The maximum atomic E-state index is 14.2. The Kier molecular flexibility index (Phi) is 5.68. The monoisotopic (exact) mass is 456 g/mol. The molecule has 3 aromatic carbocycles. The summed E-state index contributed by atoms with van der Waals surface area (Å²) in [6, 6.07) is 21.1. The number of benzene rings is 3. The number of hydrogen-bond donors (Lipinski definition) is 2. The van der Waals surface area contributed by atoms with Crippen LogP contribution in [0.1, 0.15) is 23.6 Å². The van der Waals surface area contributed by atoms with Gasteiger partial charge < -0.3 is 20.2 Å². The summed E-state index contributed by atoms with van der Waals surface area (Å²) in [6.07, 6.45) is 0.742. The third-order valence-corrected chi connectivity index (χ3v) is 7.07. The number of anilines is 2. The van der Waals surface area contributed by atoms with Gasteiger partial charge in [-0.2, -0.15) is 5.26 Å². The molecule has 1 saturated heterocycles. The predicted octanol–water partition coefficient (Wildman–Crippen LogP) is 4.77. The van der Waals surface area contributed by atoms with Crippen molar-refractivity contribution in [2.75, 3.05) is 30.4 Å². The Bertz CT molecular complexity index is 1270. The Morgan fingerprint density at radius 2 is 1.88 bits per heavy atom. The number of para-hydroxylation sites is 1. The van der Waals surface area contributed by atoms with Crippen LogP contribution in [0.3, 0.4) is 0 Å². The fourth-order valence-electron chi connectivity index (χ4n) is 5.35. The van der Waals surface area contributed by atoms with Crippen LogP contribution < -0.4 is 10.2 Å². The lowest BCUT2D eigenvalue weighted by Crippen LogP contribution is -2.48. The fourth-order valence-corrected chi connectivity index (χ4v) is 5.35. The molecule has 2 aliphatic rings. The zero-order valence-electron chi connectivity index (χ0n) is 18.8. The Balaban J connectivity index is 1.54. The highest BCUT2D eigenvalue weighted by Crippen LogP contribution is 2.49. The van der Waals surface area contributed by atoms with Crippen LogP contribution in [0.15, 0.2) is 66.7 Å². The molecular weight excluding hydrogens is 431 g/mol. The highest BCUT2D eigenvalue weighted by Gasteiger charge is 2.47. The normalized spacial score (nSPS) is 20.9. The van der Waals surface area contributed by atoms with Crippen molar-refractivity contribution in [1.29, 1.82) is 5.26 Å². The average molecular weight is 457 g/mol. The second-order valence-electron chi connectivity index (χ2n) is 8.82. The number of fused-ring (bicyclic) bond motifs is 3. The molecule has 3 aromatic rings. The number of rotatable bonds is 3. The number of likely N-dealkylation sites (N-methyl/N-ethyl adjacent to an activating group) is 1. The number of likely N-dealkylation sites (tertiary alicyclic amines) is 1. The first-order valence-corrected chi connectivity index (χ1v) is 11.3. The molecule has 2 aliphatic heterocycles. The molecule has 2 heterocycles.